The number of para-hydroxylation sites is 1. The van der Waals surface area contributed by atoms with Crippen molar-refractivity contribution in [3.63, 3.8) is 0 Å². The predicted molar refractivity (Wildman–Crippen MR) is 133 cm³/mol. The number of nitrogens with one attached hydrogen (secondary N) is 1. The van der Waals surface area contributed by atoms with Crippen molar-refractivity contribution in [2.45, 2.75) is 20.0 Å². The molecule has 1 aromatic heterocycles. The number of carbonyl (C=O) groups excluding carboxylic acids is 1. The minimum absolute atomic E-state index is 0.0776. The number of benzene rings is 2. The summed E-state index contributed by atoms with van der Waals surface area (Å²) in [5.74, 6) is -1.87. The predicted octanol–water partition coefficient (Wildman–Crippen LogP) is 3.88. The fourth-order valence-electron chi connectivity index (χ4n) is 3.25. The average molecular weight is 521 g/mol. The number of aromatic nitrogens is 2. The second kappa shape index (κ2) is 10.4. The lowest BCUT2D eigenvalue weighted by atomic mass is 10.1. The summed E-state index contributed by atoms with van der Waals surface area (Å²) in [5, 5.41) is 12.7. The molecule has 36 heavy (non-hydrogen) atoms. The van der Waals surface area contributed by atoms with E-state index in [-0.39, 0.29) is 10.6 Å². The smallest absolute Gasteiger partial charge is 0.418 e. The summed E-state index contributed by atoms with van der Waals surface area (Å²) in [6, 6.07) is 9.75. The third-order valence-electron chi connectivity index (χ3n) is 5.42. The van der Waals surface area contributed by atoms with Crippen molar-refractivity contribution in [3.05, 3.63) is 85.6 Å². The summed E-state index contributed by atoms with van der Waals surface area (Å²) in [6.45, 7) is 3.76. The molecule has 0 bridgehead atoms. The summed E-state index contributed by atoms with van der Waals surface area (Å²) in [7, 11) is 2.49. The van der Waals surface area contributed by atoms with Crippen LogP contribution in [0.2, 0.25) is 0 Å². The topological polar surface area (TPSA) is 106 Å². The molecule has 0 aliphatic carbocycles. The monoisotopic (exact) mass is 520 g/mol. The minimum atomic E-state index is -4.67. The molecule has 12 heteroatoms. The lowest BCUT2D eigenvalue weighted by Gasteiger charge is -2.14. The first-order valence-electron chi connectivity index (χ1n) is 10.6. The lowest BCUT2D eigenvalue weighted by Crippen LogP contribution is -2.39. The molecule has 1 heterocycles. The molecule has 0 atom stereocenters. The van der Waals surface area contributed by atoms with Crippen LogP contribution in [0.1, 0.15) is 22.3 Å². The number of aryl methyl sites for hydroxylation is 2. The van der Waals surface area contributed by atoms with Gasteiger partial charge in [0.15, 0.2) is 0 Å². The van der Waals surface area contributed by atoms with Crippen molar-refractivity contribution in [1.29, 1.82) is 0 Å². The van der Waals surface area contributed by atoms with E-state index >= 15 is 0 Å². The third-order valence-corrected chi connectivity index (χ3v) is 6.39. The SMILES string of the molecule is Cc1ccc(N=C(SCC(=O)Nc2ccccc2C(F)(F)F)c2c(O)n(C)c(=O)n(C)c2=O)cc1C. The number of thioether (sulfide) groups is 1. The third kappa shape index (κ3) is 5.70. The summed E-state index contributed by atoms with van der Waals surface area (Å²) >= 11 is 0.740. The van der Waals surface area contributed by atoms with E-state index in [2.05, 4.69) is 10.3 Å². The number of aliphatic imine (C=N–C) groups is 1. The Morgan fingerprint density at radius 2 is 1.72 bits per heavy atom. The molecule has 0 fully saturated rings. The van der Waals surface area contributed by atoms with Crippen LogP contribution in [0, 0.1) is 13.8 Å². The molecule has 2 aromatic carbocycles. The van der Waals surface area contributed by atoms with E-state index in [1.54, 1.807) is 18.2 Å². The van der Waals surface area contributed by atoms with Gasteiger partial charge >= 0.3 is 11.9 Å². The molecule has 0 radical (unpaired) electrons. The van der Waals surface area contributed by atoms with Crippen molar-refractivity contribution in [3.8, 4) is 5.88 Å². The highest BCUT2D eigenvalue weighted by molar-refractivity contribution is 8.15. The molecular weight excluding hydrogens is 497 g/mol. The van der Waals surface area contributed by atoms with Gasteiger partial charge in [0.1, 0.15) is 10.6 Å². The van der Waals surface area contributed by atoms with Crippen LogP contribution in [0.25, 0.3) is 0 Å². The fraction of sp³-hybridized carbons (Fsp3) is 0.250. The average Bonchev–Trinajstić information content (AvgIpc) is 2.82. The molecule has 0 spiro atoms. The molecule has 0 unspecified atom stereocenters. The van der Waals surface area contributed by atoms with Gasteiger partial charge in [0.2, 0.25) is 11.8 Å². The van der Waals surface area contributed by atoms with Gasteiger partial charge in [0.05, 0.1) is 22.7 Å². The van der Waals surface area contributed by atoms with Gasteiger partial charge in [0, 0.05) is 14.1 Å². The van der Waals surface area contributed by atoms with E-state index in [1.165, 1.54) is 26.2 Å². The number of hydrogen-bond donors (Lipinski definition) is 2. The maximum Gasteiger partial charge on any atom is 0.418 e. The Kier molecular flexibility index (Phi) is 7.77. The molecule has 0 aliphatic rings. The molecule has 3 rings (SSSR count). The molecule has 0 saturated heterocycles. The zero-order valence-electron chi connectivity index (χ0n) is 19.8. The van der Waals surface area contributed by atoms with Gasteiger partial charge in [-0.2, -0.15) is 13.2 Å². The van der Waals surface area contributed by atoms with Crippen LogP contribution in [0.4, 0.5) is 24.5 Å². The van der Waals surface area contributed by atoms with Gasteiger partial charge in [-0.3, -0.25) is 18.7 Å². The number of anilines is 1. The maximum atomic E-state index is 13.3. The second-order valence-corrected chi connectivity index (χ2v) is 8.93. The number of rotatable bonds is 5. The van der Waals surface area contributed by atoms with Crippen LogP contribution < -0.4 is 16.6 Å². The van der Waals surface area contributed by atoms with Gasteiger partial charge in [-0.1, -0.05) is 30.0 Å². The maximum absolute atomic E-state index is 13.3. The highest BCUT2D eigenvalue weighted by atomic mass is 32.2. The molecule has 8 nitrogen and oxygen atoms in total. The first kappa shape index (κ1) is 26.8. The van der Waals surface area contributed by atoms with Crippen LogP contribution in [0.3, 0.4) is 0 Å². The number of carbonyl (C=O) groups is 1. The second-order valence-electron chi connectivity index (χ2n) is 7.97. The van der Waals surface area contributed by atoms with Crippen LogP contribution in [-0.2, 0) is 25.1 Å². The fourth-order valence-corrected chi connectivity index (χ4v) is 4.09. The highest BCUT2D eigenvalue weighted by Gasteiger charge is 2.33. The van der Waals surface area contributed by atoms with Gasteiger partial charge in [-0.15, -0.1) is 0 Å². The van der Waals surface area contributed by atoms with E-state index < -0.39 is 46.2 Å². The normalized spacial score (nSPS) is 12.0. The molecule has 3 aromatic rings. The van der Waals surface area contributed by atoms with Gasteiger partial charge < -0.3 is 10.4 Å². The Hall–Kier alpha value is -3.80. The quantitative estimate of drug-likeness (QED) is 0.393. The summed E-state index contributed by atoms with van der Waals surface area (Å²) in [4.78, 5) is 42.1. The van der Waals surface area contributed by atoms with Gasteiger partial charge in [-0.05, 0) is 49.2 Å². The molecular formula is C24H23F3N4O4S. The Labute approximate surface area is 208 Å². The summed E-state index contributed by atoms with van der Waals surface area (Å²) in [5.41, 5.74) is -1.02. The van der Waals surface area contributed by atoms with Gasteiger partial charge in [-0.25, -0.2) is 9.79 Å². The van der Waals surface area contributed by atoms with Crippen LogP contribution in [0.5, 0.6) is 5.88 Å². The largest absolute Gasteiger partial charge is 0.494 e. The van der Waals surface area contributed by atoms with E-state index in [0.29, 0.717) is 5.69 Å². The zero-order valence-corrected chi connectivity index (χ0v) is 20.6. The minimum Gasteiger partial charge on any atom is -0.494 e. The number of aromatic hydroxyl groups is 1. The van der Waals surface area contributed by atoms with Crippen LogP contribution >= 0.6 is 11.8 Å². The van der Waals surface area contributed by atoms with Crippen molar-refractivity contribution in [1.82, 2.24) is 9.13 Å². The van der Waals surface area contributed by atoms with E-state index in [9.17, 15) is 32.7 Å². The first-order valence-corrected chi connectivity index (χ1v) is 11.5. The van der Waals surface area contributed by atoms with E-state index in [4.69, 9.17) is 0 Å². The Morgan fingerprint density at radius 1 is 1.06 bits per heavy atom. The van der Waals surface area contributed by atoms with E-state index in [1.807, 2.05) is 13.8 Å². The Morgan fingerprint density at radius 3 is 2.36 bits per heavy atom. The lowest BCUT2D eigenvalue weighted by molar-refractivity contribution is -0.137. The number of halogens is 3. The molecule has 1 amide bonds. The standard InChI is InChI=1S/C24H23F3N4O4S/c1-13-9-10-15(11-14(13)2)28-20(19-21(33)30(3)23(35)31(4)22(19)34)36-12-18(32)29-17-8-6-5-7-16(17)24(25,26)27/h5-11,33H,12H2,1-4H3,(H,29,32). The van der Waals surface area contributed by atoms with E-state index in [0.717, 1.165) is 44.2 Å². The highest BCUT2D eigenvalue weighted by Crippen LogP contribution is 2.34. The number of hydrogen-bond acceptors (Lipinski definition) is 6. The number of nitrogens with zero attached hydrogens (tertiary/aromatic N) is 3. The first-order chi connectivity index (χ1) is 16.8. The Bertz CT molecular complexity index is 1480. The van der Waals surface area contributed by atoms with Crippen molar-refractivity contribution in [2.24, 2.45) is 19.1 Å². The van der Waals surface area contributed by atoms with Gasteiger partial charge in [0.25, 0.3) is 5.56 Å². The van der Waals surface area contributed by atoms with Crippen molar-refractivity contribution in [2.75, 3.05) is 11.1 Å². The van der Waals surface area contributed by atoms with Crippen LogP contribution in [0.15, 0.2) is 57.0 Å². The zero-order chi connectivity index (χ0) is 26.8. The summed E-state index contributed by atoms with van der Waals surface area (Å²) < 4.78 is 41.4. The molecule has 2 N–H and O–H groups in total. The molecule has 0 saturated carbocycles. The molecule has 0 aliphatic heterocycles. The molecule has 190 valence electrons. The Balaban J connectivity index is 2.01. The summed E-state index contributed by atoms with van der Waals surface area (Å²) in [6.07, 6.45) is -4.67. The number of alkyl halides is 3. The van der Waals surface area contributed by atoms with Crippen molar-refractivity contribution < 1.29 is 23.1 Å². The van der Waals surface area contributed by atoms with Crippen molar-refractivity contribution >= 4 is 34.1 Å². The van der Waals surface area contributed by atoms with Crippen LogP contribution in [-0.4, -0.2) is 30.9 Å². The number of amides is 1.